The van der Waals surface area contributed by atoms with Crippen molar-refractivity contribution in [2.75, 3.05) is 0 Å². The number of rotatable bonds is 4. The number of phenolic OH excluding ortho intramolecular Hbond substituents is 4. The van der Waals surface area contributed by atoms with Crippen LogP contribution in [0.15, 0.2) is 59.7 Å². The van der Waals surface area contributed by atoms with Crippen LogP contribution in [0.25, 0.3) is 11.1 Å². The fraction of sp³-hybridized carbons (Fsp3) is 0.576. The van der Waals surface area contributed by atoms with Gasteiger partial charge in [0.25, 0.3) is 0 Å². The lowest BCUT2D eigenvalue weighted by Gasteiger charge is -2.58. The molecule has 1 saturated carbocycles. The molecule has 70 heavy (non-hydrogen) atoms. The summed E-state index contributed by atoms with van der Waals surface area (Å²) in [5.41, 5.74) is 12.0. The van der Waals surface area contributed by atoms with Gasteiger partial charge in [0, 0.05) is 55.3 Å². The van der Waals surface area contributed by atoms with Gasteiger partial charge in [-0.15, -0.1) is 0 Å². The van der Waals surface area contributed by atoms with Crippen molar-refractivity contribution >= 4 is 11.1 Å². The second-order valence-corrected chi connectivity index (χ2v) is 30.4. The van der Waals surface area contributed by atoms with E-state index in [0.717, 1.165) is 77.9 Å². The molecule has 0 spiro atoms. The van der Waals surface area contributed by atoms with Crippen LogP contribution in [-0.4, -0.2) is 20.4 Å². The van der Waals surface area contributed by atoms with E-state index in [9.17, 15) is 20.4 Å². The van der Waals surface area contributed by atoms with Crippen LogP contribution in [0.2, 0.25) is 0 Å². The highest BCUT2D eigenvalue weighted by atomic mass is 16.3. The van der Waals surface area contributed by atoms with Gasteiger partial charge >= 0.3 is 0 Å². The molecule has 4 heteroatoms. The third-order valence-electron chi connectivity index (χ3n) is 15.1. The Morgan fingerprint density at radius 3 is 0.471 bits per heavy atom. The predicted octanol–water partition coefficient (Wildman–Crippen LogP) is 18.3. The van der Waals surface area contributed by atoms with Crippen LogP contribution < -0.4 is 0 Å². The topological polar surface area (TPSA) is 80.9 Å². The molecule has 0 unspecified atom stereocenters. The average Bonchev–Trinajstić information content (AvgIpc) is 3.12. The summed E-state index contributed by atoms with van der Waals surface area (Å²) in [4.78, 5) is 0. The fourth-order valence-electron chi connectivity index (χ4n) is 11.6. The summed E-state index contributed by atoms with van der Waals surface area (Å²) >= 11 is 0. The molecule has 1 aliphatic carbocycles. The maximum atomic E-state index is 12.2. The number of aromatic hydroxyl groups is 4. The summed E-state index contributed by atoms with van der Waals surface area (Å²) < 4.78 is 0. The third-order valence-corrected chi connectivity index (χ3v) is 15.1. The molecule has 4 N–H and O–H groups in total. The van der Waals surface area contributed by atoms with Crippen molar-refractivity contribution < 1.29 is 20.4 Å². The van der Waals surface area contributed by atoms with Gasteiger partial charge in [-0.2, -0.15) is 0 Å². The quantitative estimate of drug-likeness (QED) is 0.164. The lowest BCUT2D eigenvalue weighted by Crippen LogP contribution is -2.47. The van der Waals surface area contributed by atoms with E-state index >= 15 is 0 Å². The molecular weight excluding hydrogens is 857 g/mol. The second-order valence-electron chi connectivity index (χ2n) is 30.4. The van der Waals surface area contributed by atoms with Crippen molar-refractivity contribution in [1.29, 1.82) is 0 Å². The Hall–Kier alpha value is -4.44. The van der Waals surface area contributed by atoms with E-state index in [4.69, 9.17) is 0 Å². The van der Waals surface area contributed by atoms with E-state index in [1.165, 1.54) is 11.1 Å². The molecule has 0 aliphatic heterocycles. The first-order valence-electron chi connectivity index (χ1n) is 26.0. The molecule has 1 aliphatic rings. The summed E-state index contributed by atoms with van der Waals surface area (Å²) in [6, 6.07) is 17.9. The molecule has 5 rings (SSSR count). The van der Waals surface area contributed by atoms with E-state index < -0.39 is 10.8 Å². The van der Waals surface area contributed by atoms with Crippen LogP contribution in [-0.2, 0) is 43.3 Å². The molecule has 0 atom stereocenters. The minimum atomic E-state index is -0.569. The van der Waals surface area contributed by atoms with Crippen molar-refractivity contribution in [1.82, 2.24) is 0 Å². The van der Waals surface area contributed by atoms with Gasteiger partial charge in [0.15, 0.2) is 0 Å². The Labute approximate surface area is 427 Å². The Morgan fingerprint density at radius 2 is 0.371 bits per heavy atom. The SMILES string of the molecule is CC1(C)C(=C(c2cc(C(C)(C)C)c(O)c(C(C)(C)C)c2)c2cc(C(C)(C)C)c(O)c(C(C)(C)C)c2)C(C)(C)C1=C(c1cc(C(C)(C)C)c(O)c(C(C)(C)C)c1)c1cc(C(C)(C)C)c(O)c(C(C)(C)C)c1. The lowest BCUT2D eigenvalue weighted by atomic mass is 9.45. The van der Waals surface area contributed by atoms with Crippen LogP contribution in [0.5, 0.6) is 23.0 Å². The standard InChI is InChI=1S/C66H96O4/c1-57(2,3)41-29-37(30-42(51(41)67)58(4,5)6)49(38-31-43(59(7,8)9)52(68)44(32-38)60(10,11)12)55-65(25,26)56(66(55,27)28)50(39-33-45(61(13,14)15)53(69)46(34-39)62(16,17)18)40-35-47(63(19,20)21)54(70)48(36-40)64(22,23)24/h29-36,67-70H,1-28H3. The van der Waals surface area contributed by atoms with Gasteiger partial charge in [0.2, 0.25) is 0 Å². The molecule has 0 saturated heterocycles. The van der Waals surface area contributed by atoms with Gasteiger partial charge in [-0.3, -0.25) is 0 Å². The molecule has 0 amide bonds. The van der Waals surface area contributed by atoms with Crippen LogP contribution >= 0.6 is 0 Å². The van der Waals surface area contributed by atoms with E-state index in [0.29, 0.717) is 23.0 Å². The maximum Gasteiger partial charge on any atom is 0.123 e. The lowest BCUT2D eigenvalue weighted by molar-refractivity contribution is 0.257. The Morgan fingerprint density at radius 1 is 0.257 bits per heavy atom. The zero-order valence-electron chi connectivity index (χ0n) is 49.4. The van der Waals surface area contributed by atoms with Crippen molar-refractivity contribution in [2.45, 2.75) is 237 Å². The minimum Gasteiger partial charge on any atom is -0.507 e. The van der Waals surface area contributed by atoms with Crippen molar-refractivity contribution in [3.8, 4) is 23.0 Å². The Balaban J connectivity index is 2.21. The second kappa shape index (κ2) is 17.1. The van der Waals surface area contributed by atoms with Crippen LogP contribution in [0.1, 0.15) is 261 Å². The summed E-state index contributed by atoms with van der Waals surface area (Å²) in [6.45, 7) is 61.7. The number of benzene rings is 4. The zero-order valence-corrected chi connectivity index (χ0v) is 49.4. The first-order valence-corrected chi connectivity index (χ1v) is 26.0. The molecule has 384 valence electrons. The normalized spacial score (nSPS) is 16.1. The first kappa shape index (κ1) is 56.5. The molecule has 4 nitrogen and oxygen atoms in total. The number of allylic oxidation sites excluding steroid dienone is 2. The molecule has 0 radical (unpaired) electrons. The molecule has 1 fully saturated rings. The molecular formula is C66H96O4. The van der Waals surface area contributed by atoms with E-state index in [2.05, 4.69) is 242 Å². The highest BCUT2D eigenvalue weighted by Gasteiger charge is 2.57. The largest absolute Gasteiger partial charge is 0.507 e. The summed E-state index contributed by atoms with van der Waals surface area (Å²) in [5.74, 6) is 1.36. The monoisotopic (exact) mass is 953 g/mol. The van der Waals surface area contributed by atoms with Crippen LogP contribution in [0, 0.1) is 10.8 Å². The highest BCUT2D eigenvalue weighted by molar-refractivity contribution is 5.94. The van der Waals surface area contributed by atoms with Gasteiger partial charge in [-0.25, -0.2) is 0 Å². The van der Waals surface area contributed by atoms with E-state index in [-0.39, 0.29) is 43.3 Å². The van der Waals surface area contributed by atoms with Gasteiger partial charge < -0.3 is 20.4 Å². The summed E-state index contributed by atoms with van der Waals surface area (Å²) in [7, 11) is 0. The van der Waals surface area contributed by atoms with Crippen LogP contribution in [0.4, 0.5) is 0 Å². The smallest absolute Gasteiger partial charge is 0.123 e. The van der Waals surface area contributed by atoms with Crippen LogP contribution in [0.3, 0.4) is 0 Å². The van der Waals surface area contributed by atoms with E-state index in [1.54, 1.807) is 0 Å². The third kappa shape index (κ3) is 10.3. The molecule has 0 aromatic heterocycles. The Kier molecular flexibility index (Phi) is 13.8. The van der Waals surface area contributed by atoms with Gasteiger partial charge in [-0.05, 0) is 136 Å². The molecule has 4 aromatic rings. The average molecular weight is 953 g/mol. The number of hydrogen-bond acceptors (Lipinski definition) is 4. The minimum absolute atomic E-state index is 0.341. The van der Waals surface area contributed by atoms with Gasteiger partial charge in [0.1, 0.15) is 23.0 Å². The predicted molar refractivity (Wildman–Crippen MR) is 302 cm³/mol. The summed E-state index contributed by atoms with van der Waals surface area (Å²) in [5, 5.41) is 48.9. The molecule has 0 heterocycles. The molecule has 0 bridgehead atoms. The molecule has 4 aromatic carbocycles. The zero-order chi connectivity index (χ0) is 54.2. The first-order chi connectivity index (χ1) is 31.0. The highest BCUT2D eigenvalue weighted by Crippen LogP contribution is 2.69. The number of hydrogen-bond donors (Lipinski definition) is 4. The van der Waals surface area contributed by atoms with Crippen molar-refractivity contribution in [2.24, 2.45) is 10.8 Å². The fourth-order valence-corrected chi connectivity index (χ4v) is 11.6. The Bertz CT molecular complexity index is 2260. The van der Waals surface area contributed by atoms with E-state index in [1.807, 2.05) is 0 Å². The van der Waals surface area contributed by atoms with Crippen molar-refractivity contribution in [3.63, 3.8) is 0 Å². The van der Waals surface area contributed by atoms with Crippen molar-refractivity contribution in [3.05, 3.63) is 126 Å². The van der Waals surface area contributed by atoms with Gasteiger partial charge in [-0.1, -0.05) is 194 Å². The van der Waals surface area contributed by atoms with Gasteiger partial charge in [0.05, 0.1) is 0 Å². The summed E-state index contributed by atoms with van der Waals surface area (Å²) in [6.07, 6.45) is 0. The number of phenols is 4. The maximum absolute atomic E-state index is 12.2.